The van der Waals surface area contributed by atoms with Crippen molar-refractivity contribution in [3.05, 3.63) is 29.3 Å². The number of aliphatic hydroxyl groups is 1. The lowest BCUT2D eigenvalue weighted by molar-refractivity contribution is 0.131. The first kappa shape index (κ1) is 15.3. The van der Waals surface area contributed by atoms with E-state index in [2.05, 4.69) is 16.8 Å². The number of piperazine rings is 1. The topological polar surface area (TPSA) is 35.9 Å². The van der Waals surface area contributed by atoms with Gasteiger partial charge in [0.05, 0.1) is 6.10 Å². The quantitative estimate of drug-likeness (QED) is 0.889. The van der Waals surface area contributed by atoms with E-state index in [1.54, 1.807) is 6.92 Å². The molecule has 2 rings (SSSR count). The van der Waals surface area contributed by atoms with Crippen LogP contribution in [-0.4, -0.2) is 61.3 Å². The van der Waals surface area contributed by atoms with Crippen LogP contribution in [0.1, 0.15) is 24.2 Å². The predicted octanol–water partition coefficient (Wildman–Crippen LogP) is 1.67. The number of rotatable bonds is 5. The Bertz CT molecular complexity index is 426. The second kappa shape index (κ2) is 7.07. The van der Waals surface area contributed by atoms with Crippen LogP contribution in [0.3, 0.4) is 0 Å². The second-order valence-corrected chi connectivity index (χ2v) is 5.71. The van der Waals surface area contributed by atoms with Crippen LogP contribution in [0.25, 0.3) is 0 Å². The predicted molar refractivity (Wildman–Crippen MR) is 81.2 cm³/mol. The molecule has 0 bridgehead atoms. The van der Waals surface area contributed by atoms with E-state index in [1.165, 1.54) is 0 Å². The van der Waals surface area contributed by atoms with Crippen LogP contribution in [-0.2, 0) is 0 Å². The van der Waals surface area contributed by atoms with E-state index in [-0.39, 0.29) is 0 Å². The van der Waals surface area contributed by atoms with Gasteiger partial charge in [-0.15, -0.1) is 0 Å². The first-order valence-corrected chi connectivity index (χ1v) is 7.38. The molecule has 1 aliphatic rings. The molecular formula is C16H26N2O2. The van der Waals surface area contributed by atoms with Crippen LogP contribution in [0.5, 0.6) is 5.75 Å². The highest BCUT2D eigenvalue weighted by Gasteiger charge is 2.14. The molecule has 1 saturated heterocycles. The number of aliphatic hydroxyl groups excluding tert-OH is 1. The van der Waals surface area contributed by atoms with Crippen LogP contribution in [0, 0.1) is 6.92 Å². The van der Waals surface area contributed by atoms with Gasteiger partial charge in [0.1, 0.15) is 12.4 Å². The van der Waals surface area contributed by atoms with Crippen molar-refractivity contribution in [1.82, 2.24) is 9.80 Å². The monoisotopic (exact) mass is 278 g/mol. The largest absolute Gasteiger partial charge is 0.492 e. The lowest BCUT2D eigenvalue weighted by atomic mass is 10.1. The Morgan fingerprint density at radius 1 is 1.25 bits per heavy atom. The first-order valence-electron chi connectivity index (χ1n) is 7.38. The summed E-state index contributed by atoms with van der Waals surface area (Å²) < 4.78 is 5.89. The van der Waals surface area contributed by atoms with Gasteiger partial charge in [0.2, 0.25) is 0 Å². The summed E-state index contributed by atoms with van der Waals surface area (Å²) in [5.74, 6) is 0.814. The lowest BCUT2D eigenvalue weighted by Gasteiger charge is -2.32. The van der Waals surface area contributed by atoms with Gasteiger partial charge in [0.25, 0.3) is 0 Å². The number of aryl methyl sites for hydroxylation is 1. The van der Waals surface area contributed by atoms with Crippen molar-refractivity contribution in [2.45, 2.75) is 20.0 Å². The number of hydrogen-bond donors (Lipinski definition) is 1. The third-order valence-corrected chi connectivity index (χ3v) is 3.88. The van der Waals surface area contributed by atoms with Gasteiger partial charge in [0, 0.05) is 38.3 Å². The molecule has 4 nitrogen and oxygen atoms in total. The van der Waals surface area contributed by atoms with E-state index in [0.717, 1.165) is 49.6 Å². The normalized spacial score (nSPS) is 19.0. The minimum Gasteiger partial charge on any atom is -0.492 e. The van der Waals surface area contributed by atoms with Crippen molar-refractivity contribution in [2.75, 3.05) is 46.4 Å². The molecular weight excluding hydrogens is 252 g/mol. The number of likely N-dealkylation sites (N-methyl/N-ethyl adjacent to an activating group) is 1. The van der Waals surface area contributed by atoms with E-state index in [1.807, 2.05) is 25.1 Å². The average molecular weight is 278 g/mol. The molecule has 0 spiro atoms. The second-order valence-electron chi connectivity index (χ2n) is 5.71. The van der Waals surface area contributed by atoms with Gasteiger partial charge in [-0.3, -0.25) is 4.90 Å². The van der Waals surface area contributed by atoms with E-state index < -0.39 is 6.10 Å². The molecule has 1 fully saturated rings. The van der Waals surface area contributed by atoms with Gasteiger partial charge < -0.3 is 14.7 Å². The summed E-state index contributed by atoms with van der Waals surface area (Å²) in [7, 11) is 2.16. The van der Waals surface area contributed by atoms with Gasteiger partial charge in [-0.1, -0.05) is 12.1 Å². The SMILES string of the molecule is Cc1ccc(C(C)O)c(OCCN2CCN(C)CC2)c1. The molecule has 0 radical (unpaired) electrons. The Labute approximate surface area is 122 Å². The fraction of sp³-hybridized carbons (Fsp3) is 0.625. The minimum atomic E-state index is -0.491. The average Bonchev–Trinajstić information content (AvgIpc) is 2.41. The molecule has 0 aliphatic carbocycles. The summed E-state index contributed by atoms with van der Waals surface area (Å²) in [6.45, 7) is 9.91. The fourth-order valence-electron chi connectivity index (χ4n) is 2.47. The zero-order valence-corrected chi connectivity index (χ0v) is 12.8. The molecule has 1 atom stereocenters. The van der Waals surface area contributed by atoms with Gasteiger partial charge >= 0.3 is 0 Å². The summed E-state index contributed by atoms with van der Waals surface area (Å²) in [5.41, 5.74) is 2.03. The summed E-state index contributed by atoms with van der Waals surface area (Å²) >= 11 is 0. The summed E-state index contributed by atoms with van der Waals surface area (Å²) in [5, 5.41) is 9.78. The number of hydrogen-bond acceptors (Lipinski definition) is 4. The zero-order chi connectivity index (χ0) is 14.5. The van der Waals surface area contributed by atoms with Crippen LogP contribution < -0.4 is 4.74 Å². The summed E-state index contributed by atoms with van der Waals surface area (Å²) in [6.07, 6.45) is -0.491. The minimum absolute atomic E-state index is 0.491. The third-order valence-electron chi connectivity index (χ3n) is 3.88. The lowest BCUT2D eigenvalue weighted by Crippen LogP contribution is -2.45. The number of ether oxygens (including phenoxy) is 1. The molecule has 1 N–H and O–H groups in total. The van der Waals surface area contributed by atoms with Gasteiger partial charge in [-0.25, -0.2) is 0 Å². The molecule has 0 aromatic heterocycles. The molecule has 1 aromatic carbocycles. The maximum Gasteiger partial charge on any atom is 0.125 e. The van der Waals surface area contributed by atoms with E-state index in [4.69, 9.17) is 4.74 Å². The van der Waals surface area contributed by atoms with Gasteiger partial charge in [-0.05, 0) is 32.5 Å². The highest BCUT2D eigenvalue weighted by Crippen LogP contribution is 2.26. The maximum absolute atomic E-state index is 9.78. The molecule has 20 heavy (non-hydrogen) atoms. The first-order chi connectivity index (χ1) is 9.56. The van der Waals surface area contributed by atoms with Crippen LogP contribution >= 0.6 is 0 Å². The third kappa shape index (κ3) is 4.20. The van der Waals surface area contributed by atoms with Crippen molar-refractivity contribution < 1.29 is 9.84 Å². The molecule has 0 amide bonds. The molecule has 1 aliphatic heterocycles. The van der Waals surface area contributed by atoms with Crippen LogP contribution in [0.4, 0.5) is 0 Å². The van der Waals surface area contributed by atoms with Crippen molar-refractivity contribution >= 4 is 0 Å². The summed E-state index contributed by atoms with van der Waals surface area (Å²) in [4.78, 5) is 4.78. The molecule has 4 heteroatoms. The van der Waals surface area contributed by atoms with E-state index in [9.17, 15) is 5.11 Å². The Morgan fingerprint density at radius 3 is 2.60 bits per heavy atom. The standard InChI is InChI=1S/C16H26N2O2/c1-13-4-5-15(14(2)19)16(12-13)20-11-10-18-8-6-17(3)7-9-18/h4-5,12,14,19H,6-11H2,1-3H3. The van der Waals surface area contributed by atoms with E-state index in [0.29, 0.717) is 6.61 Å². The molecule has 0 saturated carbocycles. The van der Waals surface area contributed by atoms with Crippen molar-refractivity contribution in [1.29, 1.82) is 0 Å². The Hall–Kier alpha value is -1.10. The molecule has 1 aromatic rings. The van der Waals surface area contributed by atoms with E-state index >= 15 is 0 Å². The van der Waals surface area contributed by atoms with Crippen LogP contribution in [0.2, 0.25) is 0 Å². The smallest absolute Gasteiger partial charge is 0.125 e. The Balaban J connectivity index is 1.86. The van der Waals surface area contributed by atoms with Crippen molar-refractivity contribution in [3.8, 4) is 5.75 Å². The number of benzene rings is 1. The maximum atomic E-state index is 9.78. The zero-order valence-electron chi connectivity index (χ0n) is 12.8. The highest BCUT2D eigenvalue weighted by molar-refractivity contribution is 5.38. The van der Waals surface area contributed by atoms with Gasteiger partial charge in [-0.2, -0.15) is 0 Å². The molecule has 1 unspecified atom stereocenters. The molecule has 1 heterocycles. The molecule has 112 valence electrons. The van der Waals surface area contributed by atoms with Crippen LogP contribution in [0.15, 0.2) is 18.2 Å². The highest BCUT2D eigenvalue weighted by atomic mass is 16.5. The summed E-state index contributed by atoms with van der Waals surface area (Å²) in [6, 6.07) is 5.96. The Kier molecular flexibility index (Phi) is 5.40. The van der Waals surface area contributed by atoms with Crippen molar-refractivity contribution in [3.63, 3.8) is 0 Å². The Morgan fingerprint density at radius 2 is 1.95 bits per heavy atom. The number of nitrogens with zero attached hydrogens (tertiary/aromatic N) is 2. The fourth-order valence-corrected chi connectivity index (χ4v) is 2.47. The van der Waals surface area contributed by atoms with Gasteiger partial charge in [0.15, 0.2) is 0 Å². The van der Waals surface area contributed by atoms with Crippen molar-refractivity contribution in [2.24, 2.45) is 0 Å².